The molecule has 0 radical (unpaired) electrons. The van der Waals surface area contributed by atoms with Gasteiger partial charge in [0.15, 0.2) is 5.43 Å². The largest absolute Gasteiger partial charge is 0.481 e. The highest BCUT2D eigenvalue weighted by Gasteiger charge is 2.12. The van der Waals surface area contributed by atoms with E-state index < -0.39 is 12.0 Å². The van der Waals surface area contributed by atoms with Crippen LogP contribution in [-0.2, 0) is 4.79 Å². The van der Waals surface area contributed by atoms with Gasteiger partial charge in [0.1, 0.15) is 0 Å². The Labute approximate surface area is 74.2 Å². The molecular weight excluding hydrogens is 172 g/mol. The normalized spacial score (nSPS) is 12.4. The molecule has 0 unspecified atom stereocenters. The van der Waals surface area contributed by atoms with Crippen LogP contribution < -0.4 is 11.2 Å². The number of hydrogen-bond acceptors (Lipinski definition) is 3. The lowest BCUT2D eigenvalue weighted by molar-refractivity contribution is -0.137. The van der Waals surface area contributed by atoms with Gasteiger partial charge in [-0.05, 0) is 0 Å². The van der Waals surface area contributed by atoms with Crippen LogP contribution in [0.15, 0.2) is 23.3 Å². The maximum atomic E-state index is 11.1. The minimum atomic E-state index is -1.02. The van der Waals surface area contributed by atoms with Gasteiger partial charge in [-0.1, -0.05) is 0 Å². The molecule has 1 aromatic heterocycles. The molecule has 5 heteroatoms. The molecule has 1 aromatic rings. The Morgan fingerprint density at radius 1 is 1.69 bits per heavy atom. The van der Waals surface area contributed by atoms with Gasteiger partial charge in [-0.2, -0.15) is 0 Å². The van der Waals surface area contributed by atoms with Crippen LogP contribution in [0.3, 0.4) is 0 Å². The summed E-state index contributed by atoms with van der Waals surface area (Å²) in [5.41, 5.74) is 5.55. The molecule has 0 bridgehead atoms. The number of aromatic amines is 1. The molecule has 0 spiro atoms. The summed E-state index contributed by atoms with van der Waals surface area (Å²) in [5.74, 6) is -1.02. The van der Waals surface area contributed by atoms with Crippen molar-refractivity contribution in [3.8, 4) is 0 Å². The van der Waals surface area contributed by atoms with Crippen molar-refractivity contribution in [2.45, 2.75) is 12.5 Å². The summed E-state index contributed by atoms with van der Waals surface area (Å²) in [5, 5.41) is 8.44. The van der Waals surface area contributed by atoms with Crippen LogP contribution in [0.2, 0.25) is 0 Å². The number of hydrogen-bond donors (Lipinski definition) is 3. The van der Waals surface area contributed by atoms with Crippen molar-refractivity contribution >= 4 is 5.97 Å². The molecule has 70 valence electrons. The molecule has 0 amide bonds. The lowest BCUT2D eigenvalue weighted by Gasteiger charge is -2.06. The summed E-state index contributed by atoms with van der Waals surface area (Å²) < 4.78 is 0. The lowest BCUT2D eigenvalue weighted by Crippen LogP contribution is -2.22. The molecule has 0 aliphatic rings. The van der Waals surface area contributed by atoms with E-state index in [1.54, 1.807) is 0 Å². The zero-order valence-electron chi connectivity index (χ0n) is 6.86. The topological polar surface area (TPSA) is 96.2 Å². The Bertz CT molecular complexity index is 358. The van der Waals surface area contributed by atoms with Crippen LogP contribution in [0.1, 0.15) is 18.0 Å². The van der Waals surface area contributed by atoms with Gasteiger partial charge in [-0.3, -0.25) is 9.59 Å². The maximum Gasteiger partial charge on any atom is 0.305 e. The number of pyridine rings is 1. The first-order valence-corrected chi connectivity index (χ1v) is 3.75. The van der Waals surface area contributed by atoms with Gasteiger partial charge in [0, 0.05) is 30.1 Å². The van der Waals surface area contributed by atoms with E-state index in [0.717, 1.165) is 0 Å². The average Bonchev–Trinajstić information content (AvgIpc) is 2.03. The summed E-state index contributed by atoms with van der Waals surface area (Å²) in [6.45, 7) is 0. The van der Waals surface area contributed by atoms with Crippen molar-refractivity contribution in [2.75, 3.05) is 0 Å². The second-order valence-corrected chi connectivity index (χ2v) is 2.67. The van der Waals surface area contributed by atoms with Crippen molar-refractivity contribution in [1.82, 2.24) is 4.98 Å². The number of carboxylic acid groups (broad SMARTS) is 1. The monoisotopic (exact) mass is 182 g/mol. The van der Waals surface area contributed by atoms with E-state index in [9.17, 15) is 9.59 Å². The first-order valence-electron chi connectivity index (χ1n) is 3.75. The number of carbonyl (C=O) groups is 1. The third-order valence-corrected chi connectivity index (χ3v) is 1.65. The molecule has 0 aliphatic heterocycles. The molecule has 1 heterocycles. The van der Waals surface area contributed by atoms with Crippen LogP contribution in [0, 0.1) is 0 Å². The van der Waals surface area contributed by atoms with Gasteiger partial charge in [0.05, 0.1) is 6.42 Å². The molecule has 0 fully saturated rings. The van der Waals surface area contributed by atoms with Gasteiger partial charge in [-0.15, -0.1) is 0 Å². The van der Waals surface area contributed by atoms with Crippen LogP contribution in [-0.4, -0.2) is 16.1 Å². The van der Waals surface area contributed by atoms with E-state index in [1.807, 2.05) is 0 Å². The van der Waals surface area contributed by atoms with Crippen molar-refractivity contribution < 1.29 is 9.90 Å². The zero-order chi connectivity index (χ0) is 9.84. The summed E-state index contributed by atoms with van der Waals surface area (Å²) in [6, 6.07) is 0.569. The first kappa shape index (κ1) is 9.47. The summed E-state index contributed by atoms with van der Waals surface area (Å²) in [7, 11) is 0. The van der Waals surface area contributed by atoms with Gasteiger partial charge in [0.25, 0.3) is 0 Å². The standard InChI is InChI=1S/C8H10N2O3/c9-6(3-8(12)13)5-4-10-2-1-7(5)11/h1-2,4,6H,3,9H2,(H,10,11)(H,12,13)/t6-/m1/s1. The Hall–Kier alpha value is -1.62. The van der Waals surface area contributed by atoms with E-state index >= 15 is 0 Å². The van der Waals surface area contributed by atoms with Crippen LogP contribution in [0.4, 0.5) is 0 Å². The molecule has 13 heavy (non-hydrogen) atoms. The average molecular weight is 182 g/mol. The molecule has 1 atom stereocenters. The van der Waals surface area contributed by atoms with Crippen molar-refractivity contribution in [3.05, 3.63) is 34.2 Å². The molecule has 5 nitrogen and oxygen atoms in total. The van der Waals surface area contributed by atoms with Crippen molar-refractivity contribution in [3.63, 3.8) is 0 Å². The van der Waals surface area contributed by atoms with Gasteiger partial charge >= 0.3 is 5.97 Å². The molecule has 0 saturated carbocycles. The fourth-order valence-electron chi connectivity index (χ4n) is 1.02. The number of carboxylic acids is 1. The summed E-state index contributed by atoms with van der Waals surface area (Å²) >= 11 is 0. The second kappa shape index (κ2) is 3.86. The minimum Gasteiger partial charge on any atom is -0.481 e. The molecule has 1 rings (SSSR count). The van der Waals surface area contributed by atoms with Gasteiger partial charge in [-0.25, -0.2) is 0 Å². The number of aliphatic carboxylic acids is 1. The maximum absolute atomic E-state index is 11.1. The molecular formula is C8H10N2O3. The molecule has 0 aromatic carbocycles. The lowest BCUT2D eigenvalue weighted by atomic mass is 10.1. The number of H-pyrrole nitrogens is 1. The van der Waals surface area contributed by atoms with Crippen LogP contribution in [0.5, 0.6) is 0 Å². The number of rotatable bonds is 3. The fraction of sp³-hybridized carbons (Fsp3) is 0.250. The van der Waals surface area contributed by atoms with Crippen LogP contribution in [0.25, 0.3) is 0 Å². The Balaban J connectivity index is 2.89. The van der Waals surface area contributed by atoms with Crippen molar-refractivity contribution in [2.24, 2.45) is 5.73 Å². The first-order chi connectivity index (χ1) is 6.11. The third-order valence-electron chi connectivity index (χ3n) is 1.65. The number of aromatic nitrogens is 1. The molecule has 4 N–H and O–H groups in total. The van der Waals surface area contributed by atoms with Gasteiger partial charge in [0.2, 0.25) is 0 Å². The summed E-state index contributed by atoms with van der Waals surface area (Å²) in [6.07, 6.45) is 2.66. The zero-order valence-corrected chi connectivity index (χ0v) is 6.86. The predicted molar refractivity (Wildman–Crippen MR) is 46.2 cm³/mol. The second-order valence-electron chi connectivity index (χ2n) is 2.67. The van der Waals surface area contributed by atoms with E-state index in [4.69, 9.17) is 10.8 Å². The SMILES string of the molecule is N[C@H](CC(=O)O)c1c[nH]ccc1=O. The van der Waals surface area contributed by atoms with E-state index in [0.29, 0.717) is 5.56 Å². The molecule has 0 saturated heterocycles. The van der Waals surface area contributed by atoms with Crippen LogP contribution >= 0.6 is 0 Å². The van der Waals surface area contributed by atoms with Crippen molar-refractivity contribution in [1.29, 1.82) is 0 Å². The highest BCUT2D eigenvalue weighted by atomic mass is 16.4. The Morgan fingerprint density at radius 3 is 2.92 bits per heavy atom. The quantitative estimate of drug-likeness (QED) is 0.605. The molecule has 0 aliphatic carbocycles. The van der Waals surface area contributed by atoms with Gasteiger partial charge < -0.3 is 15.8 Å². The highest BCUT2D eigenvalue weighted by Crippen LogP contribution is 2.07. The fourth-order valence-corrected chi connectivity index (χ4v) is 1.02. The summed E-state index contributed by atoms with van der Waals surface area (Å²) in [4.78, 5) is 24.1. The highest BCUT2D eigenvalue weighted by molar-refractivity contribution is 5.67. The Morgan fingerprint density at radius 2 is 2.38 bits per heavy atom. The van der Waals surface area contributed by atoms with E-state index in [-0.39, 0.29) is 11.8 Å². The Kier molecular flexibility index (Phi) is 2.81. The third kappa shape index (κ3) is 2.41. The predicted octanol–water partition coefficient (Wildman–Crippen LogP) is -0.151. The number of nitrogens with one attached hydrogen (secondary N) is 1. The number of nitrogens with two attached hydrogens (primary N) is 1. The van der Waals surface area contributed by atoms with E-state index in [1.165, 1.54) is 18.5 Å². The smallest absolute Gasteiger partial charge is 0.305 e. The minimum absolute atomic E-state index is 0.243. The van der Waals surface area contributed by atoms with E-state index in [2.05, 4.69) is 4.98 Å².